The zero-order valence-corrected chi connectivity index (χ0v) is 12.0. The lowest BCUT2D eigenvalue weighted by molar-refractivity contribution is 0.199. The molecule has 0 radical (unpaired) electrons. The number of rotatable bonds is 8. The van der Waals surface area contributed by atoms with Gasteiger partial charge in [0.2, 0.25) is 0 Å². The Balaban J connectivity index is 1.86. The van der Waals surface area contributed by atoms with Gasteiger partial charge >= 0.3 is 6.01 Å². The molecular formula is C15H19N3O3. The summed E-state index contributed by atoms with van der Waals surface area (Å²) in [6.45, 7) is 2.16. The summed E-state index contributed by atoms with van der Waals surface area (Å²) in [4.78, 5) is 8.32. The van der Waals surface area contributed by atoms with Crippen LogP contribution in [0.4, 0.5) is 0 Å². The number of hydrogen-bond acceptors (Lipinski definition) is 6. The van der Waals surface area contributed by atoms with Crippen LogP contribution in [0.25, 0.3) is 0 Å². The molecule has 0 aliphatic rings. The van der Waals surface area contributed by atoms with E-state index in [0.29, 0.717) is 24.9 Å². The number of nitrogens with one attached hydrogen (secondary N) is 1. The van der Waals surface area contributed by atoms with Crippen LogP contribution in [0.2, 0.25) is 0 Å². The van der Waals surface area contributed by atoms with Gasteiger partial charge in [-0.2, -0.15) is 0 Å². The van der Waals surface area contributed by atoms with Crippen molar-refractivity contribution in [2.45, 2.75) is 13.2 Å². The van der Waals surface area contributed by atoms with Crippen molar-refractivity contribution in [1.29, 1.82) is 0 Å². The summed E-state index contributed by atoms with van der Waals surface area (Å²) in [5.74, 6) is 0.637. The van der Waals surface area contributed by atoms with Crippen molar-refractivity contribution in [3.63, 3.8) is 0 Å². The predicted molar refractivity (Wildman–Crippen MR) is 78.1 cm³/mol. The van der Waals surface area contributed by atoms with E-state index < -0.39 is 0 Å². The summed E-state index contributed by atoms with van der Waals surface area (Å²) in [6, 6.07) is 7.43. The summed E-state index contributed by atoms with van der Waals surface area (Å²) >= 11 is 0. The van der Waals surface area contributed by atoms with E-state index in [1.807, 2.05) is 0 Å². The molecule has 2 rings (SSSR count). The fraction of sp³-hybridized carbons (Fsp3) is 0.333. The summed E-state index contributed by atoms with van der Waals surface area (Å²) in [5.41, 5.74) is 1.81. The molecule has 6 nitrogen and oxygen atoms in total. The molecule has 0 saturated carbocycles. The van der Waals surface area contributed by atoms with Gasteiger partial charge in [-0.25, -0.2) is 9.97 Å². The summed E-state index contributed by atoms with van der Waals surface area (Å²) in [5, 5.41) is 12.2. The molecule has 0 saturated heterocycles. The van der Waals surface area contributed by atoms with E-state index in [9.17, 15) is 0 Å². The largest absolute Gasteiger partial charge is 0.424 e. The Hall–Kier alpha value is -2.02. The fourth-order valence-electron chi connectivity index (χ4n) is 1.66. The number of aromatic nitrogens is 2. The molecule has 1 aromatic heterocycles. The van der Waals surface area contributed by atoms with E-state index in [2.05, 4.69) is 15.3 Å². The average molecular weight is 289 g/mol. The molecule has 0 amide bonds. The molecule has 2 aromatic rings. The van der Waals surface area contributed by atoms with Crippen molar-refractivity contribution >= 4 is 0 Å². The normalized spacial score (nSPS) is 10.6. The van der Waals surface area contributed by atoms with Gasteiger partial charge in [-0.05, 0) is 17.7 Å². The van der Waals surface area contributed by atoms with E-state index >= 15 is 0 Å². The highest BCUT2D eigenvalue weighted by atomic mass is 16.5. The van der Waals surface area contributed by atoms with Gasteiger partial charge in [-0.1, -0.05) is 12.1 Å². The number of ether oxygens (including phenoxy) is 2. The molecule has 1 aromatic carbocycles. The first-order chi connectivity index (χ1) is 10.3. The van der Waals surface area contributed by atoms with Crippen LogP contribution < -0.4 is 10.1 Å². The molecule has 21 heavy (non-hydrogen) atoms. The quantitative estimate of drug-likeness (QED) is 0.717. The maximum absolute atomic E-state index is 8.97. The van der Waals surface area contributed by atoms with Gasteiger partial charge < -0.3 is 19.9 Å². The van der Waals surface area contributed by atoms with Crippen LogP contribution in [0.15, 0.2) is 36.7 Å². The Bertz CT molecular complexity index is 529. The summed E-state index contributed by atoms with van der Waals surface area (Å²) < 4.78 is 10.5. The first-order valence-electron chi connectivity index (χ1n) is 6.70. The average Bonchev–Trinajstić information content (AvgIpc) is 2.54. The lowest BCUT2D eigenvalue weighted by atomic mass is 10.2. The number of methoxy groups -OCH3 is 1. The van der Waals surface area contributed by atoms with Gasteiger partial charge in [0.1, 0.15) is 5.75 Å². The molecule has 0 fully saturated rings. The molecule has 0 bridgehead atoms. The number of aliphatic hydroxyl groups excluding tert-OH is 1. The Morgan fingerprint density at radius 2 is 1.81 bits per heavy atom. The highest BCUT2D eigenvalue weighted by molar-refractivity contribution is 5.28. The number of benzene rings is 1. The number of aliphatic hydroxyl groups is 1. The van der Waals surface area contributed by atoms with Gasteiger partial charge in [0, 0.05) is 38.2 Å². The highest BCUT2D eigenvalue weighted by Crippen LogP contribution is 2.17. The van der Waals surface area contributed by atoms with Crippen molar-refractivity contribution in [3.05, 3.63) is 47.8 Å². The lowest BCUT2D eigenvalue weighted by Gasteiger charge is -2.06. The van der Waals surface area contributed by atoms with Crippen LogP contribution in [0.3, 0.4) is 0 Å². The minimum atomic E-state index is 0.0154. The van der Waals surface area contributed by atoms with Crippen molar-refractivity contribution in [2.75, 3.05) is 20.3 Å². The van der Waals surface area contributed by atoms with E-state index in [1.165, 1.54) is 0 Å². The Morgan fingerprint density at radius 3 is 2.43 bits per heavy atom. The lowest BCUT2D eigenvalue weighted by Crippen LogP contribution is -2.18. The molecule has 6 heteroatoms. The molecule has 0 aliphatic carbocycles. The van der Waals surface area contributed by atoms with Crippen LogP contribution in [0.5, 0.6) is 11.8 Å². The maximum Gasteiger partial charge on any atom is 0.321 e. The monoisotopic (exact) mass is 289 g/mol. The van der Waals surface area contributed by atoms with E-state index in [0.717, 1.165) is 17.7 Å². The molecular weight excluding hydrogens is 270 g/mol. The minimum absolute atomic E-state index is 0.0154. The Kier molecular flexibility index (Phi) is 6.08. The van der Waals surface area contributed by atoms with Gasteiger partial charge in [-0.15, -0.1) is 0 Å². The second-order valence-corrected chi connectivity index (χ2v) is 4.45. The zero-order valence-electron chi connectivity index (χ0n) is 12.0. The second kappa shape index (κ2) is 8.31. The fourth-order valence-corrected chi connectivity index (χ4v) is 1.66. The van der Waals surface area contributed by atoms with Crippen LogP contribution in [-0.4, -0.2) is 35.3 Å². The van der Waals surface area contributed by atoms with Crippen molar-refractivity contribution in [2.24, 2.45) is 0 Å². The zero-order chi connectivity index (χ0) is 14.9. The number of nitrogens with zero attached hydrogens (tertiary/aromatic N) is 2. The third-order valence-corrected chi connectivity index (χ3v) is 2.81. The van der Waals surface area contributed by atoms with E-state index in [4.69, 9.17) is 14.6 Å². The van der Waals surface area contributed by atoms with Crippen molar-refractivity contribution in [1.82, 2.24) is 15.3 Å². The van der Waals surface area contributed by atoms with Gasteiger partial charge in [-0.3, -0.25) is 0 Å². The van der Waals surface area contributed by atoms with Gasteiger partial charge in [0.25, 0.3) is 0 Å². The minimum Gasteiger partial charge on any atom is -0.424 e. The van der Waals surface area contributed by atoms with E-state index in [1.54, 1.807) is 43.8 Å². The molecule has 0 spiro atoms. The highest BCUT2D eigenvalue weighted by Gasteiger charge is 2.01. The van der Waals surface area contributed by atoms with Crippen LogP contribution >= 0.6 is 0 Å². The van der Waals surface area contributed by atoms with E-state index in [-0.39, 0.29) is 6.61 Å². The van der Waals surface area contributed by atoms with Crippen LogP contribution in [0.1, 0.15) is 11.1 Å². The maximum atomic E-state index is 8.97. The summed E-state index contributed by atoms with van der Waals surface area (Å²) in [6.07, 6.45) is 3.45. The molecule has 0 aliphatic heterocycles. The SMILES string of the molecule is COCCNCc1cnc(Oc2ccc(CO)cc2)nc1. The smallest absolute Gasteiger partial charge is 0.321 e. The number of hydrogen-bond donors (Lipinski definition) is 2. The second-order valence-electron chi connectivity index (χ2n) is 4.45. The molecule has 2 N–H and O–H groups in total. The van der Waals surface area contributed by atoms with Crippen LogP contribution in [-0.2, 0) is 17.9 Å². The first kappa shape index (κ1) is 15.4. The Morgan fingerprint density at radius 1 is 1.10 bits per heavy atom. The summed E-state index contributed by atoms with van der Waals surface area (Å²) in [7, 11) is 1.67. The Labute approximate surface area is 123 Å². The van der Waals surface area contributed by atoms with Gasteiger partial charge in [0.15, 0.2) is 0 Å². The van der Waals surface area contributed by atoms with Crippen molar-refractivity contribution in [3.8, 4) is 11.8 Å². The third kappa shape index (κ3) is 5.11. The molecule has 1 heterocycles. The third-order valence-electron chi connectivity index (χ3n) is 2.81. The predicted octanol–water partition coefficient (Wildman–Crippen LogP) is 1.50. The molecule has 0 atom stereocenters. The topological polar surface area (TPSA) is 76.5 Å². The molecule has 112 valence electrons. The van der Waals surface area contributed by atoms with Crippen molar-refractivity contribution < 1.29 is 14.6 Å². The molecule has 0 unspecified atom stereocenters. The van der Waals surface area contributed by atoms with Gasteiger partial charge in [0.05, 0.1) is 13.2 Å². The first-order valence-corrected chi connectivity index (χ1v) is 6.70. The van der Waals surface area contributed by atoms with Crippen LogP contribution in [0, 0.1) is 0 Å². The standard InChI is InChI=1S/C15H19N3O3/c1-20-7-6-16-8-13-9-17-15(18-10-13)21-14-4-2-12(11-19)3-5-14/h2-5,9-10,16,19H,6-8,11H2,1H3.